The zero-order valence-corrected chi connectivity index (χ0v) is 15.2. The summed E-state index contributed by atoms with van der Waals surface area (Å²) in [6.07, 6.45) is 1.67. The number of anilines is 3. The quantitative estimate of drug-likeness (QED) is 0.610. The van der Waals surface area contributed by atoms with Gasteiger partial charge in [-0.15, -0.1) is 0 Å². The van der Waals surface area contributed by atoms with Gasteiger partial charge >= 0.3 is 0 Å². The maximum Gasteiger partial charge on any atom is 0.250 e. The molecule has 1 aliphatic heterocycles. The maximum atomic E-state index is 5.39. The maximum absolute atomic E-state index is 5.39. The topological polar surface area (TPSA) is 88.0 Å². The van der Waals surface area contributed by atoms with Gasteiger partial charge in [0.2, 0.25) is 17.8 Å². The van der Waals surface area contributed by atoms with E-state index >= 15 is 0 Å². The number of methoxy groups -OCH3 is 1. The second-order valence-electron chi connectivity index (χ2n) is 5.86. The van der Waals surface area contributed by atoms with Crippen molar-refractivity contribution in [3.8, 4) is 5.75 Å². The van der Waals surface area contributed by atoms with Crippen molar-refractivity contribution in [2.45, 2.75) is 0 Å². The molecule has 1 N–H and O–H groups in total. The average Bonchev–Trinajstić information content (AvgIpc) is 2.69. The predicted octanol–water partition coefficient (Wildman–Crippen LogP) is 1.23. The van der Waals surface area contributed by atoms with Crippen LogP contribution in [0.5, 0.6) is 5.75 Å². The number of hydrogen-bond donors (Lipinski definition) is 1. The number of benzene rings is 1. The van der Waals surface area contributed by atoms with Crippen molar-refractivity contribution < 1.29 is 9.47 Å². The third-order valence-electron chi connectivity index (χ3n) is 3.81. The number of aromatic nitrogens is 3. The largest absolute Gasteiger partial charge is 0.496 e. The van der Waals surface area contributed by atoms with Crippen molar-refractivity contribution in [2.24, 2.45) is 5.10 Å². The number of ether oxygens (including phenoxy) is 2. The van der Waals surface area contributed by atoms with Crippen LogP contribution in [0.3, 0.4) is 0 Å². The van der Waals surface area contributed by atoms with E-state index in [9.17, 15) is 0 Å². The number of hydrogen-bond acceptors (Lipinski definition) is 9. The zero-order valence-electron chi connectivity index (χ0n) is 15.2. The molecular weight excluding hydrogens is 334 g/mol. The number of nitrogens with zero attached hydrogens (tertiary/aromatic N) is 6. The van der Waals surface area contributed by atoms with Crippen LogP contribution in [-0.2, 0) is 4.74 Å². The lowest BCUT2D eigenvalue weighted by Crippen LogP contribution is -2.37. The molecule has 2 heterocycles. The Labute approximate surface area is 152 Å². The van der Waals surface area contributed by atoms with Gasteiger partial charge in [0.15, 0.2) is 0 Å². The Kier molecular flexibility index (Phi) is 5.80. The summed E-state index contributed by atoms with van der Waals surface area (Å²) in [5.74, 6) is 2.31. The lowest BCUT2D eigenvalue weighted by Gasteiger charge is -2.27. The summed E-state index contributed by atoms with van der Waals surface area (Å²) in [4.78, 5) is 17.3. The predicted molar refractivity (Wildman–Crippen MR) is 101 cm³/mol. The molecule has 0 atom stereocenters. The second kappa shape index (κ2) is 8.43. The van der Waals surface area contributed by atoms with E-state index in [2.05, 4.69) is 30.4 Å². The Bertz CT molecular complexity index is 761. The number of hydrazone groups is 1. The number of rotatable bonds is 6. The molecule has 0 amide bonds. The van der Waals surface area contributed by atoms with Crippen LogP contribution >= 0.6 is 0 Å². The van der Waals surface area contributed by atoms with Gasteiger partial charge in [-0.1, -0.05) is 12.1 Å². The molecule has 2 aromatic rings. The van der Waals surface area contributed by atoms with Crippen LogP contribution in [0, 0.1) is 0 Å². The van der Waals surface area contributed by atoms with Crippen LogP contribution in [0.2, 0.25) is 0 Å². The Hall–Kier alpha value is -2.94. The lowest BCUT2D eigenvalue weighted by atomic mass is 10.2. The van der Waals surface area contributed by atoms with Crippen molar-refractivity contribution in [3.63, 3.8) is 0 Å². The van der Waals surface area contributed by atoms with E-state index < -0.39 is 0 Å². The van der Waals surface area contributed by atoms with Crippen molar-refractivity contribution in [1.82, 2.24) is 15.0 Å². The molecule has 1 saturated heterocycles. The SMILES string of the molecule is COc1ccccc1C=NNc1nc(N(C)C)nc(N2CCOCC2)n1. The minimum absolute atomic E-state index is 0.385. The number of nitrogens with one attached hydrogen (secondary N) is 1. The Morgan fingerprint density at radius 1 is 1.19 bits per heavy atom. The molecule has 0 aliphatic carbocycles. The van der Waals surface area contributed by atoms with E-state index in [1.54, 1.807) is 13.3 Å². The first kappa shape index (κ1) is 17.9. The van der Waals surface area contributed by atoms with E-state index in [4.69, 9.17) is 9.47 Å². The minimum Gasteiger partial charge on any atom is -0.496 e. The highest BCUT2D eigenvalue weighted by Gasteiger charge is 2.17. The molecule has 9 nitrogen and oxygen atoms in total. The highest BCUT2D eigenvalue weighted by Crippen LogP contribution is 2.17. The molecule has 138 valence electrons. The van der Waals surface area contributed by atoms with E-state index in [1.165, 1.54) is 0 Å². The first-order chi connectivity index (χ1) is 12.7. The molecule has 0 bridgehead atoms. The summed E-state index contributed by atoms with van der Waals surface area (Å²) in [5.41, 5.74) is 3.75. The second-order valence-corrected chi connectivity index (χ2v) is 5.86. The Morgan fingerprint density at radius 2 is 1.96 bits per heavy atom. The van der Waals surface area contributed by atoms with Gasteiger partial charge in [-0.05, 0) is 12.1 Å². The van der Waals surface area contributed by atoms with Gasteiger partial charge in [-0.2, -0.15) is 20.1 Å². The summed E-state index contributed by atoms with van der Waals surface area (Å²) < 4.78 is 10.7. The monoisotopic (exact) mass is 357 g/mol. The normalized spacial score (nSPS) is 14.5. The van der Waals surface area contributed by atoms with Gasteiger partial charge in [-0.3, -0.25) is 0 Å². The van der Waals surface area contributed by atoms with Crippen LogP contribution in [0.1, 0.15) is 5.56 Å². The molecule has 3 rings (SSSR count). The molecule has 0 radical (unpaired) electrons. The summed E-state index contributed by atoms with van der Waals surface area (Å²) in [6, 6.07) is 7.63. The zero-order chi connectivity index (χ0) is 18.4. The lowest BCUT2D eigenvalue weighted by molar-refractivity contribution is 0.122. The number of para-hydroxylation sites is 1. The fourth-order valence-electron chi connectivity index (χ4n) is 2.44. The van der Waals surface area contributed by atoms with Gasteiger partial charge < -0.3 is 19.3 Å². The summed E-state index contributed by atoms with van der Waals surface area (Å²) >= 11 is 0. The van der Waals surface area contributed by atoms with E-state index in [-0.39, 0.29) is 0 Å². The first-order valence-corrected chi connectivity index (χ1v) is 8.35. The van der Waals surface area contributed by atoms with Gasteiger partial charge in [0, 0.05) is 32.7 Å². The van der Waals surface area contributed by atoms with Crippen molar-refractivity contribution in [1.29, 1.82) is 0 Å². The molecule has 26 heavy (non-hydrogen) atoms. The third kappa shape index (κ3) is 4.37. The van der Waals surface area contributed by atoms with E-state index in [1.807, 2.05) is 43.3 Å². The van der Waals surface area contributed by atoms with Gasteiger partial charge in [0.25, 0.3) is 0 Å². The molecule has 1 aromatic heterocycles. The molecule has 0 unspecified atom stereocenters. The van der Waals surface area contributed by atoms with E-state index in [0.717, 1.165) is 24.4 Å². The molecule has 0 spiro atoms. The van der Waals surface area contributed by atoms with Crippen LogP contribution in [0.15, 0.2) is 29.4 Å². The summed E-state index contributed by atoms with van der Waals surface area (Å²) in [7, 11) is 5.41. The van der Waals surface area contributed by atoms with Gasteiger partial charge in [0.05, 0.1) is 26.5 Å². The molecular formula is C17H23N7O2. The fourth-order valence-corrected chi connectivity index (χ4v) is 2.44. The smallest absolute Gasteiger partial charge is 0.250 e. The Balaban J connectivity index is 1.80. The van der Waals surface area contributed by atoms with Crippen LogP contribution in [0.25, 0.3) is 0 Å². The highest BCUT2D eigenvalue weighted by atomic mass is 16.5. The fraction of sp³-hybridized carbons (Fsp3) is 0.412. The first-order valence-electron chi connectivity index (χ1n) is 8.35. The van der Waals surface area contributed by atoms with Crippen LogP contribution < -0.4 is 20.0 Å². The summed E-state index contributed by atoms with van der Waals surface area (Å²) in [5, 5.41) is 4.24. The van der Waals surface area contributed by atoms with Crippen molar-refractivity contribution in [3.05, 3.63) is 29.8 Å². The number of morpholine rings is 1. The van der Waals surface area contributed by atoms with Crippen LogP contribution in [0.4, 0.5) is 17.8 Å². The highest BCUT2D eigenvalue weighted by molar-refractivity contribution is 5.83. The molecule has 9 heteroatoms. The molecule has 1 fully saturated rings. The van der Waals surface area contributed by atoms with Crippen LogP contribution in [-0.4, -0.2) is 68.7 Å². The van der Waals surface area contributed by atoms with Crippen molar-refractivity contribution >= 4 is 24.1 Å². The Morgan fingerprint density at radius 3 is 2.69 bits per heavy atom. The summed E-state index contributed by atoms with van der Waals surface area (Å²) in [6.45, 7) is 2.83. The molecule has 1 aromatic carbocycles. The van der Waals surface area contributed by atoms with Crippen molar-refractivity contribution in [2.75, 3.05) is 62.7 Å². The molecule has 0 saturated carbocycles. The molecule has 1 aliphatic rings. The average molecular weight is 357 g/mol. The van der Waals surface area contributed by atoms with Gasteiger partial charge in [0.1, 0.15) is 5.75 Å². The standard InChI is InChI=1S/C17H23N7O2/c1-23(2)16-19-15(20-17(21-16)24-8-10-26-11-9-24)22-18-12-13-6-4-5-7-14(13)25-3/h4-7,12H,8-11H2,1-3H3,(H,19,20,21,22). The van der Waals surface area contributed by atoms with Gasteiger partial charge in [-0.25, -0.2) is 5.43 Å². The minimum atomic E-state index is 0.385. The third-order valence-corrected chi connectivity index (χ3v) is 3.81. The van der Waals surface area contributed by atoms with E-state index in [0.29, 0.717) is 31.1 Å².